The van der Waals surface area contributed by atoms with Crippen molar-refractivity contribution in [2.45, 2.75) is 26.8 Å². The molecule has 0 bridgehead atoms. The maximum absolute atomic E-state index is 12.9. The summed E-state index contributed by atoms with van der Waals surface area (Å²) in [6, 6.07) is 10.3. The molecular weight excluding hydrogens is 338 g/mol. The zero-order chi connectivity index (χ0) is 19.0. The van der Waals surface area contributed by atoms with Gasteiger partial charge >= 0.3 is 0 Å². The number of hydrogen-bond acceptors (Lipinski definition) is 4. The largest absolute Gasteiger partial charge is 0.352 e. The van der Waals surface area contributed by atoms with Gasteiger partial charge in [0, 0.05) is 37.2 Å². The van der Waals surface area contributed by atoms with E-state index < -0.39 is 0 Å². The smallest absolute Gasteiger partial charge is 0.252 e. The Bertz CT molecular complexity index is 970. The van der Waals surface area contributed by atoms with E-state index in [1.54, 1.807) is 6.20 Å². The van der Waals surface area contributed by atoms with Crippen molar-refractivity contribution in [3.8, 4) is 11.3 Å². The van der Waals surface area contributed by atoms with Crippen molar-refractivity contribution in [3.63, 3.8) is 0 Å². The molecule has 1 amide bonds. The van der Waals surface area contributed by atoms with Crippen LogP contribution >= 0.6 is 0 Å². The van der Waals surface area contributed by atoms with Crippen molar-refractivity contribution in [3.05, 3.63) is 47.7 Å². The van der Waals surface area contributed by atoms with Crippen LogP contribution in [0.1, 0.15) is 35.8 Å². The number of carbonyl (C=O) groups excluding carboxylic acids is 1. The van der Waals surface area contributed by atoms with Crippen molar-refractivity contribution in [1.82, 2.24) is 25.4 Å². The van der Waals surface area contributed by atoms with Crippen molar-refractivity contribution < 1.29 is 4.79 Å². The lowest BCUT2D eigenvalue weighted by atomic mass is 10.0. The number of aryl methyl sites for hydroxylation is 1. The van der Waals surface area contributed by atoms with E-state index in [1.165, 1.54) is 5.56 Å². The van der Waals surface area contributed by atoms with E-state index in [-0.39, 0.29) is 11.9 Å². The quantitative estimate of drug-likeness (QED) is 0.731. The van der Waals surface area contributed by atoms with Crippen LogP contribution in [0.25, 0.3) is 22.3 Å². The summed E-state index contributed by atoms with van der Waals surface area (Å²) in [6.07, 6.45) is 1.75. The van der Waals surface area contributed by atoms with Gasteiger partial charge < -0.3 is 10.6 Å². The topological polar surface area (TPSA) is 71.8 Å². The Kier molecular flexibility index (Phi) is 4.66. The molecule has 27 heavy (non-hydrogen) atoms. The molecular formula is C21H25N5O. The van der Waals surface area contributed by atoms with Gasteiger partial charge in [-0.15, -0.1) is 0 Å². The van der Waals surface area contributed by atoms with E-state index in [2.05, 4.69) is 48.6 Å². The second kappa shape index (κ2) is 7.12. The number of nitrogens with one attached hydrogen (secondary N) is 2. The summed E-state index contributed by atoms with van der Waals surface area (Å²) in [5.74, 6) is 0.451. The lowest BCUT2D eigenvalue weighted by molar-refractivity contribution is 0.0944. The fourth-order valence-corrected chi connectivity index (χ4v) is 3.28. The minimum atomic E-state index is -0.0639. The average molecular weight is 363 g/mol. The van der Waals surface area contributed by atoms with Gasteiger partial charge in [0.1, 0.15) is 0 Å². The van der Waals surface area contributed by atoms with Crippen LogP contribution in [0.4, 0.5) is 0 Å². The van der Waals surface area contributed by atoms with Crippen molar-refractivity contribution in [1.29, 1.82) is 0 Å². The number of amides is 1. The summed E-state index contributed by atoms with van der Waals surface area (Å²) < 4.78 is 1.87. The molecule has 140 valence electrons. The van der Waals surface area contributed by atoms with Gasteiger partial charge in [0.25, 0.3) is 5.91 Å². The minimum absolute atomic E-state index is 0.0639. The van der Waals surface area contributed by atoms with E-state index in [0.29, 0.717) is 18.0 Å². The summed E-state index contributed by atoms with van der Waals surface area (Å²) in [5.41, 5.74) is 4.36. The molecule has 1 aromatic carbocycles. The lowest BCUT2D eigenvalue weighted by Crippen LogP contribution is -2.48. The summed E-state index contributed by atoms with van der Waals surface area (Å²) in [4.78, 5) is 17.8. The molecule has 4 rings (SSSR count). The molecule has 3 aromatic rings. The number of benzene rings is 1. The molecule has 1 fully saturated rings. The van der Waals surface area contributed by atoms with E-state index >= 15 is 0 Å². The first-order chi connectivity index (χ1) is 13.0. The molecule has 3 heterocycles. The van der Waals surface area contributed by atoms with Crippen molar-refractivity contribution >= 4 is 16.9 Å². The summed E-state index contributed by atoms with van der Waals surface area (Å²) >= 11 is 0. The van der Waals surface area contributed by atoms with Crippen LogP contribution in [-0.2, 0) is 0 Å². The normalized spacial score (nSPS) is 14.5. The zero-order valence-corrected chi connectivity index (χ0v) is 16.0. The molecule has 1 aliphatic rings. The predicted molar refractivity (Wildman–Crippen MR) is 107 cm³/mol. The van der Waals surface area contributed by atoms with Crippen LogP contribution in [0.2, 0.25) is 0 Å². The van der Waals surface area contributed by atoms with E-state index in [4.69, 9.17) is 4.98 Å². The highest BCUT2D eigenvalue weighted by Gasteiger charge is 2.21. The van der Waals surface area contributed by atoms with Crippen LogP contribution in [-0.4, -0.2) is 40.3 Å². The molecule has 2 N–H and O–H groups in total. The Hall–Kier alpha value is -2.73. The highest BCUT2D eigenvalue weighted by Crippen LogP contribution is 2.26. The fraction of sp³-hybridized carbons (Fsp3) is 0.381. The SMILES string of the molecule is Cc1ccc(-c2cc(C(=O)NCC3CNC3)c3cnn(C(C)C)c3n2)cc1. The Balaban J connectivity index is 1.77. The first kappa shape index (κ1) is 17.7. The average Bonchev–Trinajstić information content (AvgIpc) is 3.04. The van der Waals surface area contributed by atoms with E-state index in [9.17, 15) is 4.79 Å². The number of pyridine rings is 1. The van der Waals surface area contributed by atoms with E-state index in [0.717, 1.165) is 35.4 Å². The predicted octanol–water partition coefficient (Wildman–Crippen LogP) is 2.94. The highest BCUT2D eigenvalue weighted by atomic mass is 16.1. The Labute approximate surface area is 159 Å². The first-order valence-corrected chi connectivity index (χ1v) is 9.47. The van der Waals surface area contributed by atoms with Gasteiger partial charge in [-0.1, -0.05) is 29.8 Å². The van der Waals surface area contributed by atoms with Crippen molar-refractivity contribution in [2.24, 2.45) is 5.92 Å². The Morgan fingerprint density at radius 1 is 1.30 bits per heavy atom. The van der Waals surface area contributed by atoms with Crippen LogP contribution in [0.15, 0.2) is 36.5 Å². The summed E-state index contributed by atoms with van der Waals surface area (Å²) in [6.45, 7) is 8.81. The molecule has 2 aromatic heterocycles. The molecule has 6 nitrogen and oxygen atoms in total. The third kappa shape index (κ3) is 3.45. The number of aromatic nitrogens is 3. The first-order valence-electron chi connectivity index (χ1n) is 9.47. The van der Waals surface area contributed by atoms with Crippen molar-refractivity contribution in [2.75, 3.05) is 19.6 Å². The van der Waals surface area contributed by atoms with Gasteiger partial charge in [-0.2, -0.15) is 5.10 Å². The zero-order valence-electron chi connectivity index (χ0n) is 16.0. The molecule has 0 unspecified atom stereocenters. The Morgan fingerprint density at radius 2 is 2.04 bits per heavy atom. The summed E-state index contributed by atoms with van der Waals surface area (Å²) in [5, 5.41) is 11.6. The maximum Gasteiger partial charge on any atom is 0.252 e. The molecule has 0 atom stereocenters. The van der Waals surface area contributed by atoms with Gasteiger partial charge in [0.2, 0.25) is 0 Å². The van der Waals surface area contributed by atoms with Gasteiger partial charge in [0.05, 0.1) is 22.8 Å². The van der Waals surface area contributed by atoms with E-state index in [1.807, 2.05) is 22.9 Å². The summed E-state index contributed by atoms with van der Waals surface area (Å²) in [7, 11) is 0. The standard InChI is InChI=1S/C21H25N5O/c1-13(2)26-20-18(12-24-26)17(21(27)23-11-15-9-22-10-15)8-19(25-20)16-6-4-14(3)5-7-16/h4-8,12-13,15,22H,9-11H2,1-3H3,(H,23,27). The molecule has 0 spiro atoms. The number of rotatable bonds is 5. The Morgan fingerprint density at radius 3 is 2.67 bits per heavy atom. The molecule has 6 heteroatoms. The molecule has 0 saturated carbocycles. The molecule has 0 radical (unpaired) electrons. The van der Waals surface area contributed by atoms with Crippen LogP contribution in [0, 0.1) is 12.8 Å². The second-order valence-corrected chi connectivity index (χ2v) is 7.58. The third-order valence-electron chi connectivity index (χ3n) is 5.07. The van der Waals surface area contributed by atoms with Gasteiger partial charge in [-0.25, -0.2) is 9.67 Å². The van der Waals surface area contributed by atoms with Gasteiger partial charge in [0.15, 0.2) is 5.65 Å². The number of nitrogens with zero attached hydrogens (tertiary/aromatic N) is 3. The number of hydrogen-bond donors (Lipinski definition) is 2. The lowest BCUT2D eigenvalue weighted by Gasteiger charge is -2.27. The third-order valence-corrected chi connectivity index (χ3v) is 5.07. The second-order valence-electron chi connectivity index (χ2n) is 7.58. The number of fused-ring (bicyclic) bond motifs is 1. The fourth-order valence-electron chi connectivity index (χ4n) is 3.28. The van der Waals surface area contributed by atoms with Gasteiger partial charge in [-0.3, -0.25) is 4.79 Å². The maximum atomic E-state index is 12.9. The number of carbonyl (C=O) groups is 1. The van der Waals surface area contributed by atoms with Crippen LogP contribution in [0.3, 0.4) is 0 Å². The minimum Gasteiger partial charge on any atom is -0.352 e. The van der Waals surface area contributed by atoms with Crippen LogP contribution in [0.5, 0.6) is 0 Å². The van der Waals surface area contributed by atoms with Crippen LogP contribution < -0.4 is 10.6 Å². The monoisotopic (exact) mass is 363 g/mol. The van der Waals surface area contributed by atoms with Gasteiger partial charge in [-0.05, 0) is 26.8 Å². The molecule has 1 saturated heterocycles. The molecule has 0 aliphatic carbocycles. The molecule has 1 aliphatic heterocycles. The highest BCUT2D eigenvalue weighted by molar-refractivity contribution is 6.06.